The number of rotatable bonds is 10. The van der Waals surface area contributed by atoms with Gasteiger partial charge in [-0.15, -0.1) is 0 Å². The fourth-order valence-corrected chi connectivity index (χ4v) is 3.24. The number of pyridine rings is 1. The Morgan fingerprint density at radius 1 is 1.45 bits per heavy atom. The lowest BCUT2D eigenvalue weighted by atomic mass is 10.0. The van der Waals surface area contributed by atoms with Crippen LogP contribution in [-0.4, -0.2) is 60.8 Å². The number of quaternary nitrogens is 1. The molecule has 2 aromatic heterocycles. The van der Waals surface area contributed by atoms with E-state index < -0.39 is 47.1 Å². The summed E-state index contributed by atoms with van der Waals surface area (Å²) >= 11 is -2.97. The van der Waals surface area contributed by atoms with Crippen molar-refractivity contribution in [3.05, 3.63) is 36.0 Å². The first kappa shape index (κ1) is 22.6. The first-order valence-electron chi connectivity index (χ1n) is 8.71. The van der Waals surface area contributed by atoms with Crippen molar-refractivity contribution in [2.75, 3.05) is 25.0 Å². The summed E-state index contributed by atoms with van der Waals surface area (Å²) in [7, 11) is 0. The molecule has 2 heterocycles. The van der Waals surface area contributed by atoms with Gasteiger partial charge in [-0.05, 0) is 36.2 Å². The molecule has 6 N–H and O–H groups in total. The number of hydrogen-bond acceptors (Lipinski definition) is 8. The van der Waals surface area contributed by atoms with Gasteiger partial charge >= 0.3 is 6.09 Å². The van der Waals surface area contributed by atoms with E-state index in [9.17, 15) is 28.6 Å². The van der Waals surface area contributed by atoms with Gasteiger partial charge in [-0.2, -0.15) is 0 Å². The standard InChI is InChI=1S/C17H24N4O7S/c1-17(29(26)27,10-28-16(25)19-6-5-18)13(15(23)24)20-14-11(9-22)8-12-4-2-3-7-21(12)14/h2-4,7-8,13,20,22H,5-6,9-10,18H2,1H3,(H,19,25)(H,23,24)(H,26,27)/p-1/t13-,17-/m0/s1. The Labute approximate surface area is 169 Å². The third kappa shape index (κ3) is 5.03. The minimum atomic E-state index is -2.97. The third-order valence-corrected chi connectivity index (χ3v) is 5.49. The van der Waals surface area contributed by atoms with Crippen LogP contribution in [0.15, 0.2) is 30.5 Å². The lowest BCUT2D eigenvalue weighted by molar-refractivity contribution is -0.364. The van der Waals surface area contributed by atoms with Crippen molar-refractivity contribution < 1.29 is 39.0 Å². The van der Waals surface area contributed by atoms with Crippen molar-refractivity contribution in [1.82, 2.24) is 9.72 Å². The molecule has 11 nitrogen and oxygen atoms in total. The first-order chi connectivity index (χ1) is 13.7. The van der Waals surface area contributed by atoms with Crippen molar-refractivity contribution in [2.45, 2.75) is 24.3 Å². The Kier molecular flexibility index (Phi) is 7.56. The summed E-state index contributed by atoms with van der Waals surface area (Å²) in [5.41, 5.74) is 4.56. The van der Waals surface area contributed by atoms with Crippen LogP contribution in [0.25, 0.3) is 5.52 Å². The van der Waals surface area contributed by atoms with Gasteiger partial charge in [-0.25, -0.2) is 4.79 Å². The van der Waals surface area contributed by atoms with Gasteiger partial charge < -0.3 is 45.1 Å². The second-order valence-electron chi connectivity index (χ2n) is 6.47. The van der Waals surface area contributed by atoms with Crippen LogP contribution in [0.5, 0.6) is 0 Å². The molecule has 12 heteroatoms. The minimum Gasteiger partial charge on any atom is -0.772 e. The number of nitrogens with zero attached hydrogens (tertiary/aromatic N) is 1. The number of alkyl carbamates (subject to hydrolysis) is 1. The van der Waals surface area contributed by atoms with Crippen LogP contribution in [0.4, 0.5) is 10.6 Å². The minimum absolute atomic E-state index is 0.190. The SMILES string of the molecule is C[C@](COC(=O)NCC[NH3+])([C@@H](Nc1c(CO)cc2ccccn12)C(=O)[O-])S(=O)[O-]. The maximum atomic E-state index is 11.9. The highest BCUT2D eigenvalue weighted by atomic mass is 32.2. The fourth-order valence-electron chi connectivity index (χ4n) is 2.74. The zero-order valence-corrected chi connectivity index (χ0v) is 16.6. The topological polar surface area (TPSA) is 183 Å². The van der Waals surface area contributed by atoms with Crippen molar-refractivity contribution in [3.63, 3.8) is 0 Å². The number of amides is 1. The average molecular weight is 427 g/mol. The Balaban J connectivity index is 2.36. The molecule has 0 saturated heterocycles. The molecule has 0 fully saturated rings. The monoisotopic (exact) mass is 427 g/mol. The number of anilines is 1. The number of aliphatic hydroxyl groups excluding tert-OH is 1. The number of fused-ring (bicyclic) bond motifs is 1. The van der Waals surface area contributed by atoms with Gasteiger partial charge in [0, 0.05) is 17.3 Å². The van der Waals surface area contributed by atoms with Gasteiger partial charge in [0.15, 0.2) is 0 Å². The fraction of sp³-hybridized carbons (Fsp3) is 0.412. The Hall–Kier alpha value is -2.67. The summed E-state index contributed by atoms with van der Waals surface area (Å²) in [6, 6.07) is 5.02. The maximum absolute atomic E-state index is 11.9. The van der Waals surface area contributed by atoms with E-state index in [0.717, 1.165) is 6.92 Å². The summed E-state index contributed by atoms with van der Waals surface area (Å²) in [6.45, 7) is 0.579. The molecule has 0 aliphatic rings. The van der Waals surface area contributed by atoms with E-state index in [2.05, 4.69) is 16.4 Å². The van der Waals surface area contributed by atoms with Crippen LogP contribution in [0.3, 0.4) is 0 Å². The van der Waals surface area contributed by atoms with E-state index in [1.165, 1.54) is 0 Å². The largest absolute Gasteiger partial charge is 0.772 e. The normalized spacial score (nSPS) is 15.3. The number of carboxylic acid groups (broad SMARTS) is 1. The van der Waals surface area contributed by atoms with E-state index in [1.807, 2.05) is 0 Å². The third-order valence-electron chi connectivity index (χ3n) is 4.37. The predicted octanol–water partition coefficient (Wildman–Crippen LogP) is -2.43. The molecule has 2 aromatic rings. The van der Waals surface area contributed by atoms with Crippen LogP contribution >= 0.6 is 0 Å². The van der Waals surface area contributed by atoms with Gasteiger partial charge in [-0.1, -0.05) is 6.07 Å². The maximum Gasteiger partial charge on any atom is 0.407 e. The van der Waals surface area contributed by atoms with E-state index in [1.54, 1.807) is 34.9 Å². The Morgan fingerprint density at radius 3 is 2.76 bits per heavy atom. The highest BCUT2D eigenvalue weighted by Gasteiger charge is 2.39. The molecule has 0 saturated carbocycles. The first-order valence-corrected chi connectivity index (χ1v) is 9.78. The highest BCUT2D eigenvalue weighted by molar-refractivity contribution is 7.80. The lowest BCUT2D eigenvalue weighted by Crippen LogP contribution is -2.60. The number of carbonyl (C=O) groups excluding carboxylic acids is 2. The Morgan fingerprint density at radius 2 is 2.17 bits per heavy atom. The van der Waals surface area contributed by atoms with Gasteiger partial charge in [0.1, 0.15) is 12.4 Å². The van der Waals surface area contributed by atoms with Crippen LogP contribution in [0.2, 0.25) is 0 Å². The van der Waals surface area contributed by atoms with Gasteiger partial charge in [0.25, 0.3) is 0 Å². The molecule has 0 aliphatic heterocycles. The average Bonchev–Trinajstić information content (AvgIpc) is 3.05. The van der Waals surface area contributed by atoms with E-state index in [4.69, 9.17) is 4.74 Å². The number of aromatic nitrogens is 1. The number of ether oxygens (including phenoxy) is 1. The molecule has 160 valence electrons. The van der Waals surface area contributed by atoms with Crippen LogP contribution in [-0.2, 0) is 27.2 Å². The second-order valence-corrected chi connectivity index (χ2v) is 7.87. The summed E-state index contributed by atoms with van der Waals surface area (Å²) in [6.07, 6.45) is 0.726. The van der Waals surface area contributed by atoms with Crippen molar-refractivity contribution in [1.29, 1.82) is 0 Å². The molecule has 2 rings (SSSR count). The smallest absolute Gasteiger partial charge is 0.407 e. The van der Waals surface area contributed by atoms with Crippen molar-refractivity contribution in [2.24, 2.45) is 0 Å². The quantitative estimate of drug-likeness (QED) is 0.302. The lowest BCUT2D eigenvalue weighted by Gasteiger charge is -2.40. The molecule has 0 aromatic carbocycles. The number of aliphatic carboxylic acids is 1. The van der Waals surface area contributed by atoms with Crippen LogP contribution in [0, 0.1) is 0 Å². The molecular formula is C17H23N4O7S-. The number of aliphatic hydroxyl groups is 1. The number of nitrogens with one attached hydrogen (secondary N) is 2. The van der Waals surface area contributed by atoms with E-state index >= 15 is 0 Å². The summed E-state index contributed by atoms with van der Waals surface area (Å²) < 4.78 is 28.3. The summed E-state index contributed by atoms with van der Waals surface area (Å²) in [5, 5.41) is 26.5. The Bertz CT molecular complexity index is 903. The highest BCUT2D eigenvalue weighted by Crippen LogP contribution is 2.27. The van der Waals surface area contributed by atoms with Gasteiger partial charge in [-0.3, -0.25) is 4.21 Å². The van der Waals surface area contributed by atoms with E-state index in [0.29, 0.717) is 17.6 Å². The molecule has 1 unspecified atom stereocenters. The zero-order chi connectivity index (χ0) is 21.6. The predicted molar refractivity (Wildman–Crippen MR) is 100 cm³/mol. The molecule has 0 bridgehead atoms. The van der Waals surface area contributed by atoms with Gasteiger partial charge in [0.2, 0.25) is 0 Å². The number of carboxylic acids is 1. The number of carbonyl (C=O) groups is 2. The molecule has 0 aliphatic carbocycles. The molecule has 0 radical (unpaired) electrons. The molecular weight excluding hydrogens is 404 g/mol. The van der Waals surface area contributed by atoms with Crippen molar-refractivity contribution in [3.8, 4) is 0 Å². The van der Waals surface area contributed by atoms with Crippen LogP contribution in [0.1, 0.15) is 12.5 Å². The van der Waals surface area contributed by atoms with Crippen molar-refractivity contribution >= 4 is 34.5 Å². The number of hydrogen-bond donors (Lipinski definition) is 4. The zero-order valence-electron chi connectivity index (χ0n) is 15.8. The molecule has 29 heavy (non-hydrogen) atoms. The second kappa shape index (κ2) is 9.69. The summed E-state index contributed by atoms with van der Waals surface area (Å²) in [4.78, 5) is 23.5. The summed E-state index contributed by atoms with van der Waals surface area (Å²) in [5.74, 6) is -1.52. The molecule has 3 atom stereocenters. The molecule has 0 spiro atoms. The van der Waals surface area contributed by atoms with Crippen LogP contribution < -0.4 is 21.5 Å². The van der Waals surface area contributed by atoms with E-state index in [-0.39, 0.29) is 12.4 Å². The van der Waals surface area contributed by atoms with Gasteiger partial charge in [0.05, 0.1) is 36.5 Å². The molecule has 1 amide bonds.